The number of nitrogens with one attached hydrogen (secondary N) is 2. The number of carbonyl (C=O) groups is 4. The van der Waals surface area contributed by atoms with Crippen LogP contribution in [0.5, 0.6) is 23.0 Å². The number of aliphatic hydroxyl groups is 2. The van der Waals surface area contributed by atoms with Crippen molar-refractivity contribution in [1.82, 2.24) is 10.6 Å². The molecule has 5 rings (SSSR count). The fraction of sp³-hybridized carbons (Fsp3) is 0.651. The van der Waals surface area contributed by atoms with Crippen molar-refractivity contribution in [3.05, 3.63) is 83.4 Å². The number of hydrogen-bond acceptors (Lipinski definition) is 16. The Bertz CT molecular complexity index is 2370. The van der Waals surface area contributed by atoms with E-state index in [1.807, 2.05) is 97.9 Å². The molecule has 0 aliphatic carbocycles. The molecular formula is C63H96N2O16. The summed E-state index contributed by atoms with van der Waals surface area (Å²) >= 11 is 0. The van der Waals surface area contributed by atoms with E-state index in [1.54, 1.807) is 73.5 Å². The third-order valence-electron chi connectivity index (χ3n) is 15.0. The molecule has 0 spiro atoms. The summed E-state index contributed by atoms with van der Waals surface area (Å²) in [5.74, 6) is 1.01. The van der Waals surface area contributed by atoms with E-state index in [0.29, 0.717) is 92.7 Å². The number of aliphatic hydroxyl groups excluding tert-OH is 2. The molecule has 2 aliphatic rings. The molecule has 2 aliphatic heterocycles. The van der Waals surface area contributed by atoms with Crippen molar-refractivity contribution in [2.45, 2.75) is 163 Å². The van der Waals surface area contributed by atoms with E-state index in [9.17, 15) is 29.4 Å². The second-order valence-corrected chi connectivity index (χ2v) is 23.6. The second-order valence-electron chi connectivity index (χ2n) is 23.6. The van der Waals surface area contributed by atoms with Crippen LogP contribution < -0.4 is 29.6 Å². The third kappa shape index (κ3) is 21.5. The van der Waals surface area contributed by atoms with Gasteiger partial charge in [0.1, 0.15) is 24.4 Å². The van der Waals surface area contributed by atoms with Gasteiger partial charge in [-0.25, -0.2) is 9.59 Å². The molecule has 2 saturated heterocycles. The van der Waals surface area contributed by atoms with Crippen LogP contribution in [0, 0.1) is 47.3 Å². The number of alkyl carbamates (subject to hydrolysis) is 2. The molecule has 2 heterocycles. The van der Waals surface area contributed by atoms with Crippen molar-refractivity contribution in [3.63, 3.8) is 0 Å². The van der Waals surface area contributed by atoms with E-state index in [0.717, 1.165) is 12.0 Å². The molecular weight excluding hydrogens is 1040 g/mol. The monoisotopic (exact) mass is 1140 g/mol. The Morgan fingerprint density at radius 3 is 1.37 bits per heavy atom. The predicted molar refractivity (Wildman–Crippen MR) is 308 cm³/mol. The van der Waals surface area contributed by atoms with Crippen molar-refractivity contribution >= 4 is 24.1 Å². The lowest BCUT2D eigenvalue weighted by Crippen LogP contribution is -2.47. The van der Waals surface area contributed by atoms with Crippen LogP contribution in [0.1, 0.15) is 144 Å². The highest BCUT2D eigenvalue weighted by molar-refractivity contribution is 5.76. The average Bonchev–Trinajstić information content (AvgIpc) is 4.02. The first-order valence-electron chi connectivity index (χ1n) is 28.7. The third-order valence-corrected chi connectivity index (χ3v) is 15.0. The Morgan fingerprint density at radius 1 is 0.593 bits per heavy atom. The van der Waals surface area contributed by atoms with Crippen molar-refractivity contribution in [2.75, 3.05) is 54.9 Å². The standard InChI is InChI=1S/C33H47NO8.C30H49NO8/c1-21(2)25(31(35)24-13-14-28(39-6)30(17-24)40-16-10-15-38-5)18-27(29-19-26(22(3)4)32(36)42-29)34-33(37)41-20-23-11-8-7-9-12-23;1-18(2)21(27(32)20-11-12-24(36-9)26(15-20)37-14-10-13-35-8)16-23(31-29(34)39-30(5,6)7)25-17-22(19(3)4)28(33)38-25/h7-9,11-14,17,21-22,25-27,29,31,35H,10,15-16,18-20H2,1-6H3,(H,34,37);11-12,15,18-19,21-23,25,27,32H,10,13-14,16-17H2,1-9H3,(H,31,34)/t25-,26-,27-,29-,31?;21-,22-,23-,25-,27?/m00/s1. The molecule has 4 N–H and O–H groups in total. The molecule has 0 bridgehead atoms. The fourth-order valence-electron chi connectivity index (χ4n) is 10.2. The van der Waals surface area contributed by atoms with Crippen LogP contribution in [0.3, 0.4) is 0 Å². The number of benzene rings is 3. The maximum absolute atomic E-state index is 13.0. The zero-order valence-corrected chi connectivity index (χ0v) is 50.8. The van der Waals surface area contributed by atoms with Crippen LogP contribution >= 0.6 is 0 Å². The Labute approximate surface area is 481 Å². The lowest BCUT2D eigenvalue weighted by Gasteiger charge is -2.33. The Morgan fingerprint density at radius 2 is 1.01 bits per heavy atom. The lowest BCUT2D eigenvalue weighted by atomic mass is 9.80. The molecule has 0 saturated carbocycles. The fourth-order valence-corrected chi connectivity index (χ4v) is 10.2. The number of amides is 2. The molecule has 10 atom stereocenters. The van der Waals surface area contributed by atoms with Crippen LogP contribution in [0.2, 0.25) is 0 Å². The van der Waals surface area contributed by atoms with Crippen LogP contribution in [0.4, 0.5) is 9.59 Å². The zero-order chi connectivity index (χ0) is 60.0. The van der Waals surface area contributed by atoms with Crippen molar-refractivity contribution < 1.29 is 76.8 Å². The highest BCUT2D eigenvalue weighted by Crippen LogP contribution is 2.41. The maximum Gasteiger partial charge on any atom is 0.408 e. The van der Waals surface area contributed by atoms with Gasteiger partial charge in [-0.05, 0) is 123 Å². The van der Waals surface area contributed by atoms with E-state index < -0.39 is 54.3 Å². The van der Waals surface area contributed by atoms with Crippen LogP contribution in [-0.2, 0) is 44.6 Å². The first kappa shape index (κ1) is 67.7. The van der Waals surface area contributed by atoms with Gasteiger partial charge in [0.05, 0.1) is 63.6 Å². The smallest absolute Gasteiger partial charge is 0.408 e. The molecule has 3 aromatic carbocycles. The second kappa shape index (κ2) is 33.3. The molecule has 18 nitrogen and oxygen atoms in total. The van der Waals surface area contributed by atoms with Gasteiger partial charge in [-0.15, -0.1) is 0 Å². The van der Waals surface area contributed by atoms with E-state index >= 15 is 0 Å². The van der Waals surface area contributed by atoms with Crippen LogP contribution in [0.15, 0.2) is 66.7 Å². The number of methoxy groups -OCH3 is 4. The quantitative estimate of drug-likeness (QED) is 0.0277. The largest absolute Gasteiger partial charge is 0.493 e. The molecule has 2 unspecified atom stereocenters. The molecule has 2 fully saturated rings. The zero-order valence-electron chi connectivity index (χ0n) is 50.8. The minimum atomic E-state index is -0.875. The number of hydrogen-bond donors (Lipinski definition) is 4. The molecule has 454 valence electrons. The summed E-state index contributed by atoms with van der Waals surface area (Å²) in [5.41, 5.74) is 1.54. The number of esters is 2. The SMILES string of the molecule is COCCCOc1cc(C(O)[C@@H](C[C@H](NC(=O)OC(C)(C)C)[C@@H]2C[C@@H](C(C)C)C(=O)O2)C(C)C)ccc1OC.COCCCOc1cc(C(O)[C@@H](C[C@H](NC(=O)OCc2ccccc2)[C@@H]2C[C@@H](C(C)C)C(=O)O2)C(C)C)ccc1OC. The summed E-state index contributed by atoms with van der Waals surface area (Å²) in [4.78, 5) is 51.0. The number of rotatable bonds is 30. The molecule has 0 aromatic heterocycles. The average molecular weight is 1140 g/mol. The summed E-state index contributed by atoms with van der Waals surface area (Å²) in [5, 5.41) is 29.2. The van der Waals surface area contributed by atoms with Gasteiger partial charge < -0.3 is 68.2 Å². The van der Waals surface area contributed by atoms with Gasteiger partial charge in [0.25, 0.3) is 0 Å². The van der Waals surface area contributed by atoms with E-state index in [2.05, 4.69) is 10.6 Å². The lowest BCUT2D eigenvalue weighted by molar-refractivity contribution is -0.147. The molecule has 3 aromatic rings. The van der Waals surface area contributed by atoms with Gasteiger partial charge >= 0.3 is 24.1 Å². The minimum Gasteiger partial charge on any atom is -0.493 e. The summed E-state index contributed by atoms with van der Waals surface area (Å²) in [7, 11) is 6.43. The summed E-state index contributed by atoms with van der Waals surface area (Å²) < 4.78 is 55.6. The first-order chi connectivity index (χ1) is 38.4. The topological polar surface area (TPSA) is 225 Å². The minimum absolute atomic E-state index is 0.0378. The van der Waals surface area contributed by atoms with Crippen molar-refractivity contribution in [3.8, 4) is 23.0 Å². The van der Waals surface area contributed by atoms with E-state index in [4.69, 9.17) is 47.4 Å². The molecule has 0 radical (unpaired) electrons. The molecule has 2 amide bonds. The highest BCUT2D eigenvalue weighted by atomic mass is 16.6. The Balaban J connectivity index is 0.000000350. The Hall–Kier alpha value is -5.82. The van der Waals surface area contributed by atoms with Gasteiger partial charge in [-0.2, -0.15) is 0 Å². The van der Waals surface area contributed by atoms with Crippen LogP contribution in [-0.4, -0.2) is 119 Å². The van der Waals surface area contributed by atoms with E-state index in [1.165, 1.54) is 0 Å². The van der Waals surface area contributed by atoms with Gasteiger partial charge in [0.15, 0.2) is 23.0 Å². The van der Waals surface area contributed by atoms with Crippen molar-refractivity contribution in [1.29, 1.82) is 0 Å². The summed E-state index contributed by atoms with van der Waals surface area (Å²) in [6.45, 7) is 23.6. The van der Waals surface area contributed by atoms with E-state index in [-0.39, 0.29) is 65.9 Å². The summed E-state index contributed by atoms with van der Waals surface area (Å²) in [6.07, 6.45) is -0.774. The van der Waals surface area contributed by atoms with Gasteiger partial charge in [-0.3, -0.25) is 9.59 Å². The maximum atomic E-state index is 13.0. The summed E-state index contributed by atoms with van der Waals surface area (Å²) in [6, 6.07) is 19.1. The van der Waals surface area contributed by atoms with Gasteiger partial charge in [0.2, 0.25) is 0 Å². The first-order valence-corrected chi connectivity index (χ1v) is 28.7. The van der Waals surface area contributed by atoms with Crippen LogP contribution in [0.25, 0.3) is 0 Å². The van der Waals surface area contributed by atoms with Crippen molar-refractivity contribution in [2.24, 2.45) is 47.3 Å². The van der Waals surface area contributed by atoms with Gasteiger partial charge in [0, 0.05) is 40.3 Å². The molecule has 18 heteroatoms. The number of carbonyl (C=O) groups excluding carboxylic acids is 4. The highest BCUT2D eigenvalue weighted by Gasteiger charge is 2.45. The Kier molecular flexibility index (Phi) is 27.8. The number of ether oxygens (including phenoxy) is 10. The predicted octanol–water partition coefficient (Wildman–Crippen LogP) is 11.0. The van der Waals surface area contributed by atoms with Gasteiger partial charge in [-0.1, -0.05) is 97.9 Å². The normalized spacial score (nSPS) is 19.4. The molecule has 81 heavy (non-hydrogen) atoms. The number of cyclic esters (lactones) is 2.